The Bertz CT molecular complexity index is 1670. The lowest BCUT2D eigenvalue weighted by molar-refractivity contribution is -0.115. The summed E-state index contributed by atoms with van der Waals surface area (Å²) in [6.45, 7) is 2.13. The highest BCUT2D eigenvalue weighted by atomic mass is 32.2. The normalized spacial score (nSPS) is 17.1. The van der Waals surface area contributed by atoms with E-state index in [1.165, 1.54) is 17.4 Å². The van der Waals surface area contributed by atoms with Crippen molar-refractivity contribution in [3.8, 4) is 0 Å². The summed E-state index contributed by atoms with van der Waals surface area (Å²) in [6.07, 6.45) is 2.76. The minimum atomic E-state index is -3.98. The molecule has 3 aromatic carbocycles. The second kappa shape index (κ2) is 12.2. The number of halogens is 1. The number of nitrogens with zero attached hydrogens (tertiary/aromatic N) is 2. The van der Waals surface area contributed by atoms with Gasteiger partial charge in [0.25, 0.3) is 0 Å². The van der Waals surface area contributed by atoms with Gasteiger partial charge in [-0.3, -0.25) is 4.79 Å². The van der Waals surface area contributed by atoms with Gasteiger partial charge in [0.1, 0.15) is 10.7 Å². The number of benzene rings is 3. The molecule has 1 aromatic heterocycles. The van der Waals surface area contributed by atoms with Crippen LogP contribution < -0.4 is 19.8 Å². The molecule has 1 amide bonds. The minimum absolute atomic E-state index is 0.124. The van der Waals surface area contributed by atoms with Crippen molar-refractivity contribution in [3.63, 3.8) is 0 Å². The number of carbonyl (C=O) groups is 1. The topological polar surface area (TPSA) is 81.8 Å². The Kier molecular flexibility index (Phi) is 8.28. The first kappa shape index (κ1) is 28.4. The zero-order valence-electron chi connectivity index (χ0n) is 23.1. The van der Waals surface area contributed by atoms with Crippen LogP contribution in [0.2, 0.25) is 0 Å². The van der Waals surface area contributed by atoms with E-state index in [9.17, 15) is 17.6 Å². The van der Waals surface area contributed by atoms with E-state index in [1.54, 1.807) is 30.3 Å². The van der Waals surface area contributed by atoms with E-state index in [4.69, 9.17) is 0 Å². The third-order valence-corrected chi connectivity index (χ3v) is 10.3. The molecule has 1 fully saturated rings. The molecule has 2 aliphatic rings. The Morgan fingerprint density at radius 3 is 2.40 bits per heavy atom. The van der Waals surface area contributed by atoms with Gasteiger partial charge in [-0.15, -0.1) is 11.3 Å². The lowest BCUT2D eigenvalue weighted by Gasteiger charge is -2.38. The number of anilines is 3. The largest absolute Gasteiger partial charge is 0.367 e. The van der Waals surface area contributed by atoms with Gasteiger partial charge in [-0.05, 0) is 72.2 Å². The fourth-order valence-electron chi connectivity index (χ4n) is 5.87. The Hall–Kier alpha value is -3.73. The number of hydrogen-bond acceptors (Lipinski definition) is 6. The molecule has 0 saturated carbocycles. The molecule has 1 saturated heterocycles. The zero-order valence-corrected chi connectivity index (χ0v) is 24.8. The van der Waals surface area contributed by atoms with Crippen molar-refractivity contribution in [2.75, 3.05) is 41.3 Å². The van der Waals surface area contributed by atoms with Crippen LogP contribution in [-0.2, 0) is 27.7 Å². The quantitative estimate of drug-likeness (QED) is 0.268. The highest BCUT2D eigenvalue weighted by Crippen LogP contribution is 2.35. The number of fused-ring (bicyclic) bond motifs is 1. The van der Waals surface area contributed by atoms with E-state index < -0.39 is 10.0 Å². The third-order valence-electron chi connectivity index (χ3n) is 7.93. The van der Waals surface area contributed by atoms with Crippen LogP contribution in [0.1, 0.15) is 34.9 Å². The Labute approximate surface area is 250 Å². The van der Waals surface area contributed by atoms with E-state index in [-0.39, 0.29) is 29.1 Å². The number of para-hydroxylation sites is 1. The smallest absolute Gasteiger partial charge is 0.243 e. The lowest BCUT2D eigenvalue weighted by atomic mass is 9.88. The summed E-state index contributed by atoms with van der Waals surface area (Å²) < 4.78 is 45.6. The van der Waals surface area contributed by atoms with Crippen LogP contribution in [0.25, 0.3) is 0 Å². The maximum Gasteiger partial charge on any atom is 0.243 e. The molecule has 0 bridgehead atoms. The first-order valence-corrected chi connectivity index (χ1v) is 16.5. The molecule has 0 spiro atoms. The summed E-state index contributed by atoms with van der Waals surface area (Å²) in [5, 5.41) is 4.80. The van der Waals surface area contributed by atoms with Crippen LogP contribution in [0.3, 0.4) is 0 Å². The van der Waals surface area contributed by atoms with E-state index in [0.29, 0.717) is 49.7 Å². The number of thiophene rings is 1. The molecule has 1 aliphatic heterocycles. The number of sulfonamides is 1. The molecule has 0 unspecified atom stereocenters. The number of hydrogen-bond donors (Lipinski definition) is 2. The summed E-state index contributed by atoms with van der Waals surface area (Å²) >= 11 is 1.50. The van der Waals surface area contributed by atoms with Gasteiger partial charge in [0.15, 0.2) is 0 Å². The van der Waals surface area contributed by atoms with Crippen molar-refractivity contribution in [1.82, 2.24) is 4.72 Å². The summed E-state index contributed by atoms with van der Waals surface area (Å²) in [4.78, 5) is 17.8. The van der Waals surface area contributed by atoms with Crippen molar-refractivity contribution in [2.24, 2.45) is 0 Å². The average molecular weight is 605 g/mol. The predicted molar refractivity (Wildman–Crippen MR) is 166 cm³/mol. The molecular weight excluding hydrogens is 572 g/mol. The van der Waals surface area contributed by atoms with Crippen LogP contribution >= 0.6 is 11.3 Å². The van der Waals surface area contributed by atoms with Crippen LogP contribution in [0.4, 0.5) is 21.5 Å². The summed E-state index contributed by atoms with van der Waals surface area (Å²) in [7, 11) is -3.98. The van der Waals surface area contributed by atoms with Gasteiger partial charge in [0, 0.05) is 42.8 Å². The fourth-order valence-corrected chi connectivity index (χ4v) is 8.07. The zero-order chi connectivity index (χ0) is 29.1. The van der Waals surface area contributed by atoms with Gasteiger partial charge in [-0.1, -0.05) is 42.5 Å². The highest BCUT2D eigenvalue weighted by Gasteiger charge is 2.30. The number of carbonyl (C=O) groups excluding carboxylic acids is 1. The van der Waals surface area contributed by atoms with E-state index >= 15 is 0 Å². The standard InChI is InChI=1S/C32H33FN4O3S2/c33-27-11-3-4-13-29(27)36-16-18-37(19-17-36)30-15-14-24(34-32(38)22-25-9-6-20-41-25)21-31(30)42(39,40)35-28-12-5-8-23-7-1-2-10-26(23)28/h1-4,6-7,9-11,13-15,20-21,28,35H,5,8,12,16-19,22H2,(H,34,38)/t28-/m0/s1. The molecule has 0 radical (unpaired) electrons. The van der Waals surface area contributed by atoms with Crippen molar-refractivity contribution in [1.29, 1.82) is 0 Å². The van der Waals surface area contributed by atoms with Crippen molar-refractivity contribution in [2.45, 2.75) is 36.6 Å². The van der Waals surface area contributed by atoms with Gasteiger partial charge < -0.3 is 15.1 Å². The SMILES string of the molecule is O=C(Cc1cccs1)Nc1ccc(N2CCN(c3ccccc3F)CC2)c(S(=O)(=O)N[C@H]2CCCc3ccccc32)c1. The molecule has 218 valence electrons. The molecule has 2 N–H and O–H groups in total. The van der Waals surface area contributed by atoms with Crippen molar-refractivity contribution < 1.29 is 17.6 Å². The number of nitrogens with one attached hydrogen (secondary N) is 2. The molecule has 4 aromatic rings. The van der Waals surface area contributed by atoms with Crippen LogP contribution in [0.15, 0.2) is 89.1 Å². The number of rotatable bonds is 8. The van der Waals surface area contributed by atoms with Gasteiger partial charge >= 0.3 is 0 Å². The molecule has 10 heteroatoms. The van der Waals surface area contributed by atoms with Gasteiger partial charge in [-0.25, -0.2) is 17.5 Å². The number of piperazine rings is 1. The summed E-state index contributed by atoms with van der Waals surface area (Å²) in [5.41, 5.74) is 3.71. The van der Waals surface area contributed by atoms with Crippen molar-refractivity contribution >= 4 is 44.3 Å². The highest BCUT2D eigenvalue weighted by molar-refractivity contribution is 7.89. The van der Waals surface area contributed by atoms with Gasteiger partial charge in [-0.2, -0.15) is 0 Å². The number of amides is 1. The number of aryl methyl sites for hydroxylation is 1. The summed E-state index contributed by atoms with van der Waals surface area (Å²) in [5.74, 6) is -0.477. The van der Waals surface area contributed by atoms with E-state index in [0.717, 1.165) is 28.8 Å². The second-order valence-electron chi connectivity index (χ2n) is 10.7. The fraction of sp³-hybridized carbons (Fsp3) is 0.281. The van der Waals surface area contributed by atoms with Gasteiger partial charge in [0.05, 0.1) is 17.8 Å². The molecule has 2 heterocycles. The third kappa shape index (κ3) is 6.21. The molecule has 1 aliphatic carbocycles. The molecule has 1 atom stereocenters. The molecule has 6 rings (SSSR count). The average Bonchev–Trinajstić information content (AvgIpc) is 3.50. The first-order valence-electron chi connectivity index (χ1n) is 14.2. The maximum absolute atomic E-state index is 14.4. The molecule has 42 heavy (non-hydrogen) atoms. The monoisotopic (exact) mass is 604 g/mol. The van der Waals surface area contributed by atoms with Crippen LogP contribution in [-0.4, -0.2) is 40.5 Å². The van der Waals surface area contributed by atoms with E-state index in [2.05, 4.69) is 16.1 Å². The predicted octanol–water partition coefficient (Wildman–Crippen LogP) is 5.75. The van der Waals surface area contributed by atoms with E-state index in [1.807, 2.05) is 51.6 Å². The van der Waals surface area contributed by atoms with Crippen molar-refractivity contribution in [3.05, 3.63) is 106 Å². The molecular formula is C32H33FN4O3S2. The Balaban J connectivity index is 1.28. The molecule has 7 nitrogen and oxygen atoms in total. The van der Waals surface area contributed by atoms with Crippen LogP contribution in [0.5, 0.6) is 0 Å². The second-order valence-corrected chi connectivity index (χ2v) is 13.4. The van der Waals surface area contributed by atoms with Gasteiger partial charge in [0.2, 0.25) is 15.9 Å². The van der Waals surface area contributed by atoms with Crippen LogP contribution in [0, 0.1) is 5.82 Å². The Morgan fingerprint density at radius 1 is 0.905 bits per heavy atom. The summed E-state index contributed by atoms with van der Waals surface area (Å²) in [6, 6.07) is 23.2. The lowest BCUT2D eigenvalue weighted by Crippen LogP contribution is -2.47. The minimum Gasteiger partial charge on any atom is -0.367 e. The maximum atomic E-state index is 14.4. The Morgan fingerprint density at radius 2 is 1.64 bits per heavy atom. The first-order chi connectivity index (χ1) is 20.4.